The molecule has 0 aromatic carbocycles. The molecule has 24 heavy (non-hydrogen) atoms. The molecule has 5 nitrogen and oxygen atoms in total. The molecule has 0 saturated heterocycles. The van der Waals surface area contributed by atoms with Gasteiger partial charge in [0.25, 0.3) is 0 Å². The van der Waals surface area contributed by atoms with Crippen LogP contribution in [0.15, 0.2) is 0 Å². The van der Waals surface area contributed by atoms with Gasteiger partial charge in [0.05, 0.1) is 6.54 Å². The number of amides is 2. The Bertz CT molecular complexity index is 479. The molecule has 5 saturated carbocycles. The lowest BCUT2D eigenvalue weighted by atomic mass is 9.49. The van der Waals surface area contributed by atoms with Crippen LogP contribution in [-0.2, 0) is 9.59 Å². The van der Waals surface area contributed by atoms with Crippen molar-refractivity contribution < 1.29 is 9.59 Å². The Morgan fingerprint density at radius 1 is 1.00 bits per heavy atom. The third-order valence-electron chi connectivity index (χ3n) is 6.94. The minimum Gasteiger partial charge on any atom is -0.350 e. The molecule has 0 radical (unpaired) electrons. The molecule has 0 aliphatic heterocycles. The minimum atomic E-state index is -0.101. The van der Waals surface area contributed by atoms with Crippen LogP contribution in [0.4, 0.5) is 0 Å². The van der Waals surface area contributed by atoms with Crippen LogP contribution in [0.3, 0.4) is 0 Å². The third-order valence-corrected chi connectivity index (χ3v) is 6.94. The van der Waals surface area contributed by atoms with Crippen LogP contribution in [0.1, 0.15) is 57.8 Å². The highest BCUT2D eigenvalue weighted by Gasteiger charge is 2.51. The number of rotatable bonds is 7. The van der Waals surface area contributed by atoms with Crippen molar-refractivity contribution in [1.82, 2.24) is 10.6 Å². The molecule has 4 bridgehead atoms. The highest BCUT2D eigenvalue weighted by molar-refractivity contribution is 5.85. The number of nitrogens with two attached hydrogens (primary N) is 1. The van der Waals surface area contributed by atoms with Crippen LogP contribution in [-0.4, -0.2) is 30.9 Å². The number of nitrogens with one attached hydrogen (secondary N) is 2. The van der Waals surface area contributed by atoms with Gasteiger partial charge in [0, 0.05) is 19.0 Å². The molecule has 1 unspecified atom stereocenters. The van der Waals surface area contributed by atoms with E-state index in [1.807, 2.05) is 0 Å². The average Bonchev–Trinajstić information content (AvgIpc) is 3.33. The average molecular weight is 333 g/mol. The fourth-order valence-corrected chi connectivity index (χ4v) is 6.21. The topological polar surface area (TPSA) is 84.2 Å². The van der Waals surface area contributed by atoms with Gasteiger partial charge in [-0.15, -0.1) is 0 Å². The lowest BCUT2D eigenvalue weighted by Crippen LogP contribution is -2.49. The maximum atomic E-state index is 12.4. The van der Waals surface area contributed by atoms with E-state index in [0.29, 0.717) is 18.9 Å². The van der Waals surface area contributed by atoms with Gasteiger partial charge in [-0.05, 0) is 80.5 Å². The molecule has 5 aliphatic carbocycles. The zero-order valence-corrected chi connectivity index (χ0v) is 14.6. The predicted octanol–water partition coefficient (Wildman–Crippen LogP) is 1.56. The summed E-state index contributed by atoms with van der Waals surface area (Å²) in [6.45, 7) is 0.575. The summed E-state index contributed by atoms with van der Waals surface area (Å²) in [5.74, 6) is 3.07. The fourth-order valence-electron chi connectivity index (χ4n) is 6.21. The molecule has 5 rings (SSSR count). The highest BCUT2D eigenvalue weighted by Crippen LogP contribution is 2.61. The van der Waals surface area contributed by atoms with Crippen LogP contribution in [0, 0.1) is 29.1 Å². The molecule has 4 N–H and O–H groups in total. The zero-order valence-electron chi connectivity index (χ0n) is 14.6. The van der Waals surface area contributed by atoms with Crippen molar-refractivity contribution in [2.24, 2.45) is 34.8 Å². The van der Waals surface area contributed by atoms with Crippen molar-refractivity contribution in [2.75, 3.05) is 13.1 Å². The lowest BCUT2D eigenvalue weighted by Gasteiger charge is -2.56. The smallest absolute Gasteiger partial charge is 0.239 e. The van der Waals surface area contributed by atoms with E-state index in [4.69, 9.17) is 5.73 Å². The Morgan fingerprint density at radius 3 is 2.08 bits per heavy atom. The molecule has 0 heterocycles. The van der Waals surface area contributed by atoms with Gasteiger partial charge >= 0.3 is 0 Å². The first-order valence-electron chi connectivity index (χ1n) is 9.81. The first kappa shape index (κ1) is 16.4. The minimum absolute atomic E-state index is 0.0582. The zero-order chi connectivity index (χ0) is 16.7. The lowest BCUT2D eigenvalue weighted by molar-refractivity contribution is -0.132. The molecule has 0 spiro atoms. The first-order valence-corrected chi connectivity index (χ1v) is 9.81. The summed E-state index contributed by atoms with van der Waals surface area (Å²) in [7, 11) is 0. The van der Waals surface area contributed by atoms with Gasteiger partial charge in [0.2, 0.25) is 11.8 Å². The first-order chi connectivity index (χ1) is 11.5. The Labute approximate surface area is 144 Å². The maximum absolute atomic E-state index is 12.4. The van der Waals surface area contributed by atoms with Crippen molar-refractivity contribution in [3.8, 4) is 0 Å². The molecular weight excluding hydrogens is 302 g/mol. The quantitative estimate of drug-likeness (QED) is 0.661. The molecule has 0 aromatic heterocycles. The largest absolute Gasteiger partial charge is 0.350 e. The van der Waals surface area contributed by atoms with Crippen LogP contribution >= 0.6 is 0 Å². The second kappa shape index (κ2) is 6.32. The van der Waals surface area contributed by atoms with Crippen LogP contribution in [0.25, 0.3) is 0 Å². The van der Waals surface area contributed by atoms with E-state index >= 15 is 0 Å². The third kappa shape index (κ3) is 3.46. The Kier molecular flexibility index (Phi) is 4.31. The summed E-state index contributed by atoms with van der Waals surface area (Å²) >= 11 is 0. The molecule has 5 fully saturated rings. The Morgan fingerprint density at radius 2 is 1.58 bits per heavy atom. The normalized spacial score (nSPS) is 38.0. The molecule has 1 atom stereocenters. The second-order valence-electron chi connectivity index (χ2n) is 9.12. The fraction of sp³-hybridized carbons (Fsp3) is 0.895. The number of carbonyl (C=O) groups is 2. The van der Waals surface area contributed by atoms with Crippen LogP contribution in [0.2, 0.25) is 0 Å². The number of hydrogen-bond acceptors (Lipinski definition) is 3. The van der Waals surface area contributed by atoms with Crippen molar-refractivity contribution in [2.45, 2.75) is 63.8 Å². The van der Waals surface area contributed by atoms with Gasteiger partial charge in [-0.3, -0.25) is 9.59 Å². The van der Waals surface area contributed by atoms with Gasteiger partial charge in [-0.2, -0.15) is 0 Å². The highest BCUT2D eigenvalue weighted by atomic mass is 16.2. The molecule has 5 heteroatoms. The van der Waals surface area contributed by atoms with Crippen LogP contribution in [0.5, 0.6) is 0 Å². The van der Waals surface area contributed by atoms with E-state index in [1.165, 1.54) is 38.5 Å². The summed E-state index contributed by atoms with van der Waals surface area (Å²) in [5, 5.41) is 5.82. The van der Waals surface area contributed by atoms with Crippen molar-refractivity contribution in [3.63, 3.8) is 0 Å². The van der Waals surface area contributed by atoms with E-state index in [-0.39, 0.29) is 29.8 Å². The second-order valence-corrected chi connectivity index (χ2v) is 9.12. The van der Waals surface area contributed by atoms with Gasteiger partial charge in [0.15, 0.2) is 0 Å². The summed E-state index contributed by atoms with van der Waals surface area (Å²) in [6.07, 6.45) is 10.8. The maximum Gasteiger partial charge on any atom is 0.239 e. The summed E-state index contributed by atoms with van der Waals surface area (Å²) < 4.78 is 0. The van der Waals surface area contributed by atoms with Gasteiger partial charge in [-0.25, -0.2) is 0 Å². The Balaban J connectivity index is 1.24. The molecule has 5 aliphatic rings. The summed E-state index contributed by atoms with van der Waals surface area (Å²) in [6, 6.07) is 0.0811. The monoisotopic (exact) mass is 333 g/mol. The van der Waals surface area contributed by atoms with E-state index in [2.05, 4.69) is 10.6 Å². The molecule has 0 aromatic rings. The summed E-state index contributed by atoms with van der Waals surface area (Å²) in [5.41, 5.74) is 5.95. The van der Waals surface area contributed by atoms with E-state index < -0.39 is 0 Å². The van der Waals surface area contributed by atoms with E-state index in [1.54, 1.807) is 0 Å². The van der Waals surface area contributed by atoms with Crippen molar-refractivity contribution >= 4 is 11.8 Å². The predicted molar refractivity (Wildman–Crippen MR) is 91.9 cm³/mol. The molecular formula is C19H31N3O2. The number of carbonyl (C=O) groups excluding carboxylic acids is 2. The van der Waals surface area contributed by atoms with Crippen molar-refractivity contribution in [3.05, 3.63) is 0 Å². The van der Waals surface area contributed by atoms with Crippen molar-refractivity contribution in [1.29, 1.82) is 0 Å². The van der Waals surface area contributed by atoms with E-state index in [9.17, 15) is 9.59 Å². The SMILES string of the molecule is NCC(NC(=O)CNC(=O)CC12CC3CC(CC(C3)C1)C2)C1CC1. The van der Waals surface area contributed by atoms with Gasteiger partial charge in [-0.1, -0.05) is 0 Å². The van der Waals surface area contributed by atoms with E-state index in [0.717, 1.165) is 30.6 Å². The molecule has 134 valence electrons. The standard InChI is InChI=1S/C19H31N3O2/c20-10-16(15-1-2-15)22-18(24)11-21-17(23)9-19-6-12-3-13(7-19)5-14(4-12)8-19/h12-16H,1-11,20H2,(H,21,23)(H,22,24). The van der Waals surface area contributed by atoms with Crippen LogP contribution < -0.4 is 16.4 Å². The number of hydrogen-bond donors (Lipinski definition) is 3. The Hall–Kier alpha value is -1.10. The van der Waals surface area contributed by atoms with Gasteiger partial charge in [0.1, 0.15) is 0 Å². The molecule has 2 amide bonds. The summed E-state index contributed by atoms with van der Waals surface area (Å²) in [4.78, 5) is 24.4. The van der Waals surface area contributed by atoms with Gasteiger partial charge < -0.3 is 16.4 Å².